The van der Waals surface area contributed by atoms with E-state index < -0.39 is 5.91 Å². The highest BCUT2D eigenvalue weighted by atomic mass is 35.5. The van der Waals surface area contributed by atoms with Gasteiger partial charge < -0.3 is 15.5 Å². The van der Waals surface area contributed by atoms with Gasteiger partial charge in [-0.15, -0.1) is 0 Å². The average molecular weight is 367 g/mol. The summed E-state index contributed by atoms with van der Waals surface area (Å²) in [6, 6.07) is 10.5. The van der Waals surface area contributed by atoms with Gasteiger partial charge in [-0.2, -0.15) is 0 Å². The van der Waals surface area contributed by atoms with Gasteiger partial charge in [0.05, 0.1) is 0 Å². The van der Waals surface area contributed by atoms with Crippen molar-refractivity contribution < 1.29 is 14.0 Å². The number of rotatable bonds is 3. The number of hydrogen-bond acceptors (Lipinski definition) is 3. The molecule has 1 unspecified atom stereocenters. The Morgan fingerprint density at radius 1 is 1.27 bits per heavy atom. The third-order valence-corrected chi connectivity index (χ3v) is 4.75. The highest BCUT2D eigenvalue weighted by Crippen LogP contribution is 2.37. The van der Waals surface area contributed by atoms with Crippen LogP contribution in [0.1, 0.15) is 22.5 Å². The van der Waals surface area contributed by atoms with Gasteiger partial charge in [-0.1, -0.05) is 23.7 Å². The normalized spacial score (nSPS) is 20.4. The van der Waals surface area contributed by atoms with Gasteiger partial charge in [0.25, 0.3) is 5.91 Å². The van der Waals surface area contributed by atoms with Gasteiger partial charge in [-0.3, -0.25) is 9.59 Å². The summed E-state index contributed by atoms with van der Waals surface area (Å²) >= 11 is 6.11. The van der Waals surface area contributed by atoms with E-state index in [1.165, 1.54) is 0 Å². The van der Waals surface area contributed by atoms with E-state index in [1.807, 2.05) is 12.1 Å². The molecular weight excluding hydrogens is 352 g/mol. The Morgan fingerprint density at radius 3 is 2.92 bits per heavy atom. The number of nitrogens with two attached hydrogens (primary N) is 1. The highest BCUT2D eigenvalue weighted by molar-refractivity contribution is 6.30. The Bertz CT molecular complexity index is 1010. The molecule has 26 heavy (non-hydrogen) atoms. The fraction of sp³-hybridized carbons (Fsp3) is 0.100. The van der Waals surface area contributed by atoms with E-state index >= 15 is 0 Å². The van der Waals surface area contributed by atoms with Crippen LogP contribution in [-0.2, 0) is 4.79 Å². The number of carbonyl (C=O) groups is 2. The second-order valence-electron chi connectivity index (χ2n) is 6.19. The van der Waals surface area contributed by atoms with Crippen molar-refractivity contribution in [2.75, 3.05) is 0 Å². The van der Waals surface area contributed by atoms with Crippen molar-refractivity contribution in [2.24, 2.45) is 11.7 Å². The van der Waals surface area contributed by atoms with Crippen molar-refractivity contribution in [1.82, 2.24) is 5.32 Å². The lowest BCUT2D eigenvalue weighted by Crippen LogP contribution is -2.13. The molecule has 1 aromatic heterocycles. The van der Waals surface area contributed by atoms with Crippen LogP contribution in [0.2, 0.25) is 0 Å². The number of amides is 2. The Labute approximate surface area is 154 Å². The topological polar surface area (TPSA) is 85.3 Å². The van der Waals surface area contributed by atoms with Gasteiger partial charge in [0.15, 0.2) is 0 Å². The standard InChI is InChI=1S/C20H15ClN2O3/c21-13-4-6-17-15(9-13)16(20(25)23-17)10-14-5-7-18(26-14)11-2-1-3-12(8-11)19(22)24/h1-8,10,15H,9H2,(H2,22,24)(H,23,25). The lowest BCUT2D eigenvalue weighted by molar-refractivity contribution is -0.115. The number of benzene rings is 1. The average Bonchev–Trinajstić information content (AvgIpc) is 3.21. The van der Waals surface area contributed by atoms with Gasteiger partial charge in [-0.05, 0) is 48.9 Å². The zero-order valence-corrected chi connectivity index (χ0v) is 14.4. The number of nitrogens with one attached hydrogen (secondary N) is 1. The van der Waals surface area contributed by atoms with E-state index in [0.717, 1.165) is 11.3 Å². The Kier molecular flexibility index (Phi) is 4.01. The minimum absolute atomic E-state index is 0.0771. The summed E-state index contributed by atoms with van der Waals surface area (Å²) in [5.41, 5.74) is 7.94. The van der Waals surface area contributed by atoms with Crippen LogP contribution in [0, 0.1) is 5.92 Å². The lowest BCUT2D eigenvalue weighted by atomic mass is 9.92. The number of furan rings is 1. The number of carbonyl (C=O) groups excluding carboxylic acids is 2. The van der Waals surface area contributed by atoms with Crippen LogP contribution in [0.25, 0.3) is 17.4 Å². The van der Waals surface area contributed by atoms with E-state index in [-0.39, 0.29) is 11.8 Å². The second kappa shape index (κ2) is 6.35. The molecule has 1 aliphatic heterocycles. The molecule has 0 spiro atoms. The molecule has 1 aliphatic carbocycles. The molecular formula is C20H15ClN2O3. The van der Waals surface area contributed by atoms with Crippen LogP contribution in [0.3, 0.4) is 0 Å². The molecule has 2 aliphatic rings. The van der Waals surface area contributed by atoms with Crippen molar-refractivity contribution in [3.63, 3.8) is 0 Å². The third kappa shape index (κ3) is 2.97. The van der Waals surface area contributed by atoms with E-state index in [0.29, 0.717) is 34.1 Å². The number of halogens is 1. The molecule has 6 heteroatoms. The monoisotopic (exact) mass is 366 g/mol. The quantitative estimate of drug-likeness (QED) is 0.814. The molecule has 1 fully saturated rings. The first-order valence-electron chi connectivity index (χ1n) is 8.10. The first kappa shape index (κ1) is 16.4. The third-order valence-electron chi connectivity index (χ3n) is 4.47. The minimum Gasteiger partial charge on any atom is -0.457 e. The van der Waals surface area contributed by atoms with Gasteiger partial charge in [0.1, 0.15) is 11.5 Å². The molecule has 3 N–H and O–H groups in total. The smallest absolute Gasteiger partial charge is 0.252 e. The molecule has 2 heterocycles. The first-order valence-corrected chi connectivity index (χ1v) is 8.48. The summed E-state index contributed by atoms with van der Waals surface area (Å²) in [4.78, 5) is 23.6. The molecule has 4 rings (SSSR count). The van der Waals surface area contributed by atoms with Crippen molar-refractivity contribution >= 4 is 29.5 Å². The fourth-order valence-electron chi connectivity index (χ4n) is 3.17. The number of primary amides is 1. The molecule has 1 aromatic carbocycles. The van der Waals surface area contributed by atoms with Crippen LogP contribution in [0.15, 0.2) is 69.3 Å². The highest BCUT2D eigenvalue weighted by Gasteiger charge is 2.34. The van der Waals surface area contributed by atoms with Gasteiger partial charge in [0.2, 0.25) is 5.91 Å². The molecule has 0 bridgehead atoms. The van der Waals surface area contributed by atoms with E-state index in [1.54, 1.807) is 42.5 Å². The largest absolute Gasteiger partial charge is 0.457 e. The summed E-state index contributed by atoms with van der Waals surface area (Å²) < 4.78 is 5.85. The molecule has 130 valence electrons. The van der Waals surface area contributed by atoms with E-state index in [9.17, 15) is 9.59 Å². The molecule has 2 amide bonds. The summed E-state index contributed by atoms with van der Waals surface area (Å²) in [5.74, 6) is 0.434. The minimum atomic E-state index is -0.495. The maximum absolute atomic E-state index is 12.3. The molecule has 0 radical (unpaired) electrons. The van der Waals surface area contributed by atoms with Crippen molar-refractivity contribution in [3.8, 4) is 11.3 Å². The van der Waals surface area contributed by atoms with Crippen LogP contribution < -0.4 is 11.1 Å². The zero-order valence-electron chi connectivity index (χ0n) is 13.7. The maximum atomic E-state index is 12.3. The predicted octanol–water partition coefficient (Wildman–Crippen LogP) is 3.59. The van der Waals surface area contributed by atoms with Crippen LogP contribution in [-0.4, -0.2) is 11.8 Å². The Balaban J connectivity index is 1.65. The van der Waals surface area contributed by atoms with Gasteiger partial charge >= 0.3 is 0 Å². The van der Waals surface area contributed by atoms with Crippen molar-refractivity contribution in [1.29, 1.82) is 0 Å². The Morgan fingerprint density at radius 2 is 2.12 bits per heavy atom. The Hall–Kier alpha value is -3.05. The summed E-state index contributed by atoms with van der Waals surface area (Å²) in [7, 11) is 0. The van der Waals surface area contributed by atoms with Crippen LogP contribution >= 0.6 is 11.6 Å². The van der Waals surface area contributed by atoms with Gasteiger partial charge in [0, 0.05) is 33.3 Å². The molecule has 2 aromatic rings. The van der Waals surface area contributed by atoms with Crippen molar-refractivity contribution in [2.45, 2.75) is 6.42 Å². The molecule has 0 saturated carbocycles. The lowest BCUT2D eigenvalue weighted by Gasteiger charge is -2.14. The van der Waals surface area contributed by atoms with E-state index in [2.05, 4.69) is 5.32 Å². The fourth-order valence-corrected chi connectivity index (χ4v) is 3.39. The second-order valence-corrected chi connectivity index (χ2v) is 6.68. The maximum Gasteiger partial charge on any atom is 0.252 e. The first-order chi connectivity index (χ1) is 12.5. The molecule has 5 nitrogen and oxygen atoms in total. The summed E-state index contributed by atoms with van der Waals surface area (Å²) in [5, 5.41) is 3.58. The number of allylic oxidation sites excluding steroid dienone is 4. The summed E-state index contributed by atoms with van der Waals surface area (Å²) in [6.07, 6.45) is 5.95. The van der Waals surface area contributed by atoms with Crippen LogP contribution in [0.5, 0.6) is 0 Å². The number of hydrogen-bond donors (Lipinski definition) is 2. The molecule has 1 saturated heterocycles. The van der Waals surface area contributed by atoms with Crippen LogP contribution in [0.4, 0.5) is 0 Å². The number of fused-ring (bicyclic) bond motifs is 1. The zero-order chi connectivity index (χ0) is 18.3. The predicted molar refractivity (Wildman–Crippen MR) is 98.9 cm³/mol. The summed E-state index contributed by atoms with van der Waals surface area (Å²) in [6.45, 7) is 0. The van der Waals surface area contributed by atoms with E-state index in [4.69, 9.17) is 21.8 Å². The van der Waals surface area contributed by atoms with Crippen molar-refractivity contribution in [3.05, 3.63) is 76.2 Å². The molecule has 1 atom stereocenters. The van der Waals surface area contributed by atoms with Gasteiger partial charge in [-0.25, -0.2) is 0 Å². The SMILES string of the molecule is NC(=O)c1cccc(-c2ccc(C=C3C(=O)NC4=CC=C(Cl)CC43)o2)c1.